The van der Waals surface area contributed by atoms with Gasteiger partial charge >= 0.3 is 6.18 Å². The first-order valence-electron chi connectivity index (χ1n) is 7.18. The van der Waals surface area contributed by atoms with Gasteiger partial charge in [0, 0.05) is 30.4 Å². The normalized spacial score (nSPS) is 18.1. The van der Waals surface area contributed by atoms with Crippen molar-refractivity contribution in [3.05, 3.63) is 47.3 Å². The summed E-state index contributed by atoms with van der Waals surface area (Å²) in [6.07, 6.45) is -2.07. The summed E-state index contributed by atoms with van der Waals surface area (Å²) in [6, 6.07) is 7.43. The molecule has 0 amide bonds. The van der Waals surface area contributed by atoms with Crippen molar-refractivity contribution < 1.29 is 13.2 Å². The van der Waals surface area contributed by atoms with Gasteiger partial charge in [0.05, 0.1) is 5.92 Å². The van der Waals surface area contributed by atoms with Crippen molar-refractivity contribution in [1.29, 1.82) is 0 Å². The SMILES string of the molecule is NCc1ccc(-c2ncc3c(n2)CC(C(F)(F)F)CC3)cc1. The number of nitrogens with two attached hydrogens (primary N) is 1. The van der Waals surface area contributed by atoms with Crippen molar-refractivity contribution in [3.63, 3.8) is 0 Å². The molecule has 6 heteroatoms. The van der Waals surface area contributed by atoms with Gasteiger partial charge in [-0.25, -0.2) is 9.97 Å². The maximum atomic E-state index is 12.9. The third-order valence-corrected chi connectivity index (χ3v) is 4.07. The van der Waals surface area contributed by atoms with Crippen molar-refractivity contribution in [2.24, 2.45) is 11.7 Å². The molecule has 3 nitrogen and oxygen atoms in total. The monoisotopic (exact) mass is 307 g/mol. The molecule has 0 saturated carbocycles. The fourth-order valence-corrected chi connectivity index (χ4v) is 2.70. The zero-order chi connectivity index (χ0) is 15.7. The standard InChI is InChI=1S/C16H16F3N3/c17-16(18,19)13-6-5-12-9-21-15(22-14(12)7-13)11-3-1-10(8-20)2-4-11/h1-4,9,13H,5-8,20H2. The van der Waals surface area contributed by atoms with Gasteiger partial charge < -0.3 is 5.73 Å². The number of hydrogen-bond donors (Lipinski definition) is 1. The molecule has 1 aromatic carbocycles. The Kier molecular flexibility index (Phi) is 3.87. The second kappa shape index (κ2) is 5.68. The van der Waals surface area contributed by atoms with Gasteiger partial charge in [-0.3, -0.25) is 0 Å². The third-order valence-electron chi connectivity index (χ3n) is 4.07. The van der Waals surface area contributed by atoms with Gasteiger partial charge in [-0.15, -0.1) is 0 Å². The van der Waals surface area contributed by atoms with E-state index in [2.05, 4.69) is 9.97 Å². The molecule has 2 N–H and O–H groups in total. The van der Waals surface area contributed by atoms with Gasteiger partial charge in [-0.05, 0) is 24.0 Å². The first-order chi connectivity index (χ1) is 10.5. The van der Waals surface area contributed by atoms with Crippen molar-refractivity contribution >= 4 is 0 Å². The van der Waals surface area contributed by atoms with Crippen LogP contribution in [0, 0.1) is 5.92 Å². The Morgan fingerprint density at radius 3 is 2.55 bits per heavy atom. The van der Waals surface area contributed by atoms with E-state index in [0.717, 1.165) is 16.7 Å². The number of aryl methyl sites for hydroxylation is 1. The van der Waals surface area contributed by atoms with Crippen LogP contribution in [0.2, 0.25) is 0 Å². The molecular weight excluding hydrogens is 291 g/mol. The minimum atomic E-state index is -4.16. The summed E-state index contributed by atoms with van der Waals surface area (Å²) in [5, 5.41) is 0. The molecule has 0 spiro atoms. The third kappa shape index (κ3) is 2.97. The summed E-state index contributed by atoms with van der Waals surface area (Å²) in [4.78, 5) is 8.64. The fourth-order valence-electron chi connectivity index (χ4n) is 2.70. The summed E-state index contributed by atoms with van der Waals surface area (Å²) < 4.78 is 38.7. The van der Waals surface area contributed by atoms with Gasteiger partial charge in [0.1, 0.15) is 0 Å². The van der Waals surface area contributed by atoms with E-state index >= 15 is 0 Å². The predicted octanol–water partition coefficient (Wildman–Crippen LogP) is 3.27. The van der Waals surface area contributed by atoms with Crippen LogP contribution in [0.4, 0.5) is 13.2 Å². The second-order valence-corrected chi connectivity index (χ2v) is 5.55. The molecule has 0 saturated heterocycles. The summed E-state index contributed by atoms with van der Waals surface area (Å²) >= 11 is 0. The smallest absolute Gasteiger partial charge is 0.326 e. The van der Waals surface area contributed by atoms with Crippen LogP contribution in [-0.4, -0.2) is 16.1 Å². The number of benzene rings is 1. The molecule has 1 aliphatic carbocycles. The van der Waals surface area contributed by atoms with Crippen LogP contribution >= 0.6 is 0 Å². The zero-order valence-corrected chi connectivity index (χ0v) is 11.9. The lowest BCUT2D eigenvalue weighted by Crippen LogP contribution is -2.29. The van der Waals surface area contributed by atoms with E-state index in [1.807, 2.05) is 24.3 Å². The Morgan fingerprint density at radius 2 is 1.91 bits per heavy atom. The number of hydrogen-bond acceptors (Lipinski definition) is 3. The molecule has 1 aliphatic rings. The van der Waals surface area contributed by atoms with Crippen LogP contribution in [0.25, 0.3) is 11.4 Å². The van der Waals surface area contributed by atoms with Crippen LogP contribution < -0.4 is 5.73 Å². The van der Waals surface area contributed by atoms with Gasteiger partial charge in [0.2, 0.25) is 0 Å². The second-order valence-electron chi connectivity index (χ2n) is 5.55. The van der Waals surface area contributed by atoms with E-state index < -0.39 is 12.1 Å². The van der Waals surface area contributed by atoms with Crippen LogP contribution in [0.3, 0.4) is 0 Å². The van der Waals surface area contributed by atoms with Crippen molar-refractivity contribution in [2.45, 2.75) is 32.0 Å². The lowest BCUT2D eigenvalue weighted by atomic mass is 9.87. The molecule has 1 atom stereocenters. The molecule has 1 heterocycles. The molecule has 3 rings (SSSR count). The quantitative estimate of drug-likeness (QED) is 0.926. The maximum Gasteiger partial charge on any atom is 0.392 e. The summed E-state index contributed by atoms with van der Waals surface area (Å²) in [5.74, 6) is -0.840. The largest absolute Gasteiger partial charge is 0.392 e. The predicted molar refractivity (Wildman–Crippen MR) is 76.9 cm³/mol. The average Bonchev–Trinajstić information content (AvgIpc) is 2.53. The van der Waals surface area contributed by atoms with Crippen LogP contribution in [0.1, 0.15) is 23.2 Å². The number of fused-ring (bicyclic) bond motifs is 1. The highest BCUT2D eigenvalue weighted by molar-refractivity contribution is 5.55. The molecule has 0 bridgehead atoms. The van der Waals surface area contributed by atoms with E-state index in [4.69, 9.17) is 5.73 Å². The zero-order valence-electron chi connectivity index (χ0n) is 11.9. The number of nitrogens with zero attached hydrogens (tertiary/aromatic N) is 2. The highest BCUT2D eigenvalue weighted by Gasteiger charge is 2.41. The van der Waals surface area contributed by atoms with E-state index in [-0.39, 0.29) is 12.8 Å². The first kappa shape index (κ1) is 15.0. The van der Waals surface area contributed by atoms with Crippen LogP contribution in [0.5, 0.6) is 0 Å². The molecule has 22 heavy (non-hydrogen) atoms. The molecule has 1 unspecified atom stereocenters. The average molecular weight is 307 g/mol. The van der Waals surface area contributed by atoms with E-state index in [9.17, 15) is 13.2 Å². The molecular formula is C16H16F3N3. The maximum absolute atomic E-state index is 12.9. The number of alkyl halides is 3. The molecule has 0 aliphatic heterocycles. The summed E-state index contributed by atoms with van der Waals surface area (Å²) in [7, 11) is 0. The number of halogens is 3. The Morgan fingerprint density at radius 1 is 1.18 bits per heavy atom. The minimum Gasteiger partial charge on any atom is -0.326 e. The first-order valence-corrected chi connectivity index (χ1v) is 7.18. The lowest BCUT2D eigenvalue weighted by Gasteiger charge is -2.25. The molecule has 2 aromatic rings. The Hall–Kier alpha value is -1.95. The van der Waals surface area contributed by atoms with E-state index in [1.54, 1.807) is 6.20 Å². The van der Waals surface area contributed by atoms with Gasteiger partial charge in [-0.1, -0.05) is 24.3 Å². The molecule has 116 valence electrons. The number of aromatic nitrogens is 2. The van der Waals surface area contributed by atoms with E-state index in [0.29, 0.717) is 24.5 Å². The Balaban J connectivity index is 1.90. The lowest BCUT2D eigenvalue weighted by molar-refractivity contribution is -0.177. The van der Waals surface area contributed by atoms with Crippen molar-refractivity contribution in [3.8, 4) is 11.4 Å². The molecule has 0 radical (unpaired) electrons. The van der Waals surface area contributed by atoms with Gasteiger partial charge in [0.15, 0.2) is 5.82 Å². The fraction of sp³-hybridized carbons (Fsp3) is 0.375. The molecule has 0 fully saturated rings. The Bertz CT molecular complexity index is 665. The topological polar surface area (TPSA) is 51.8 Å². The van der Waals surface area contributed by atoms with E-state index in [1.165, 1.54) is 0 Å². The minimum absolute atomic E-state index is 0.0603. The number of rotatable bonds is 2. The van der Waals surface area contributed by atoms with Gasteiger partial charge in [0.25, 0.3) is 0 Å². The van der Waals surface area contributed by atoms with Crippen LogP contribution in [0.15, 0.2) is 30.5 Å². The Labute approximate surface area is 126 Å². The van der Waals surface area contributed by atoms with Crippen LogP contribution in [-0.2, 0) is 19.4 Å². The van der Waals surface area contributed by atoms with Crippen molar-refractivity contribution in [2.75, 3.05) is 0 Å². The summed E-state index contributed by atoms with van der Waals surface area (Å²) in [6.45, 7) is 0.443. The van der Waals surface area contributed by atoms with Crippen molar-refractivity contribution in [1.82, 2.24) is 9.97 Å². The highest BCUT2D eigenvalue weighted by Crippen LogP contribution is 2.36. The molecule has 1 aromatic heterocycles. The van der Waals surface area contributed by atoms with Gasteiger partial charge in [-0.2, -0.15) is 13.2 Å². The highest BCUT2D eigenvalue weighted by atomic mass is 19.4. The summed E-state index contributed by atoms with van der Waals surface area (Å²) in [5.41, 5.74) is 8.66.